The zero-order valence-corrected chi connectivity index (χ0v) is 27.0. The SMILES string of the molecule is [2H]c1c([2H])c(-c2ccccc2)c([2H])c(-c2ccc(-n3c4ccccc4c4cc(-n5c6ccccc6c6c([2H])c([2H])c([2H])c([2H])c65)ccc43)c3c2oc2ccccc23)c1[2H]. The van der Waals surface area contributed by atoms with E-state index in [4.69, 9.17) is 14.0 Å². The number of furan rings is 1. The van der Waals surface area contributed by atoms with Crippen molar-refractivity contribution in [3.63, 3.8) is 0 Å². The molecule has 0 bridgehead atoms. The van der Waals surface area contributed by atoms with Gasteiger partial charge < -0.3 is 13.6 Å². The van der Waals surface area contributed by atoms with E-state index >= 15 is 0 Å². The highest BCUT2D eigenvalue weighted by Crippen LogP contribution is 2.43. The largest absolute Gasteiger partial charge is 0.455 e. The lowest BCUT2D eigenvalue weighted by molar-refractivity contribution is 0.670. The van der Waals surface area contributed by atoms with Crippen LogP contribution in [0.1, 0.15) is 11.0 Å². The van der Waals surface area contributed by atoms with Crippen LogP contribution < -0.4 is 0 Å². The smallest absolute Gasteiger partial charge is 0.145 e. The van der Waals surface area contributed by atoms with Gasteiger partial charge in [0.15, 0.2) is 0 Å². The van der Waals surface area contributed by atoms with Crippen LogP contribution in [-0.4, -0.2) is 9.13 Å². The lowest BCUT2D eigenvalue weighted by Gasteiger charge is -2.13. The van der Waals surface area contributed by atoms with Crippen LogP contribution >= 0.6 is 0 Å². The Balaban J connectivity index is 1.21. The van der Waals surface area contributed by atoms with Gasteiger partial charge in [-0.05, 0) is 77.3 Å². The van der Waals surface area contributed by atoms with Gasteiger partial charge in [0.2, 0.25) is 0 Å². The van der Waals surface area contributed by atoms with Crippen LogP contribution in [0.15, 0.2) is 186 Å². The normalized spacial score (nSPS) is 14.1. The molecule has 0 atom stereocenters. The first-order chi connectivity index (χ1) is 28.7. The third-order valence-electron chi connectivity index (χ3n) is 9.92. The molecule has 11 rings (SSSR count). The summed E-state index contributed by atoms with van der Waals surface area (Å²) in [4.78, 5) is 0. The van der Waals surface area contributed by atoms with Crippen molar-refractivity contribution in [1.82, 2.24) is 9.13 Å². The Bertz CT molecular complexity index is 3600. The highest BCUT2D eigenvalue weighted by Gasteiger charge is 2.21. The minimum atomic E-state index is -0.287. The van der Waals surface area contributed by atoms with Gasteiger partial charge >= 0.3 is 0 Å². The number of hydrogen-bond donors (Lipinski definition) is 0. The summed E-state index contributed by atoms with van der Waals surface area (Å²) in [6.07, 6.45) is 0. The van der Waals surface area contributed by atoms with Crippen molar-refractivity contribution in [2.24, 2.45) is 0 Å². The number of aromatic nitrogens is 2. The van der Waals surface area contributed by atoms with Gasteiger partial charge in [-0.1, -0.05) is 121 Å². The maximum atomic E-state index is 9.43. The van der Waals surface area contributed by atoms with Gasteiger partial charge in [0.05, 0.1) is 44.1 Å². The Kier molecular flexibility index (Phi) is 4.52. The van der Waals surface area contributed by atoms with Gasteiger partial charge in [-0.25, -0.2) is 0 Å². The standard InChI is InChI=1S/C48H30N2O/c1-2-13-31(14-3-1)32-15-12-16-33(29-32)35-26-28-45(47-39-20-7-11-24-46(39)51-48(35)47)50-43-23-10-6-19-38(43)40-30-34(25-27-44(40)50)49-41-21-8-4-17-36(41)37-18-5-9-22-42(37)49/h1-30H/i4D,8D,12D,15D,16D,17D,21D,29D. The minimum Gasteiger partial charge on any atom is -0.455 e. The molecule has 0 aliphatic carbocycles. The summed E-state index contributed by atoms with van der Waals surface area (Å²) in [5.74, 6) is 0. The Labute approximate surface area is 305 Å². The maximum Gasteiger partial charge on any atom is 0.145 e. The summed E-state index contributed by atoms with van der Waals surface area (Å²) in [5, 5.41) is 4.71. The Morgan fingerprint density at radius 1 is 0.451 bits per heavy atom. The molecule has 0 fully saturated rings. The number of rotatable bonds is 4. The van der Waals surface area contributed by atoms with Crippen LogP contribution in [0.5, 0.6) is 0 Å². The molecule has 3 heterocycles. The molecule has 0 aliphatic heterocycles. The van der Waals surface area contributed by atoms with Crippen molar-refractivity contribution in [3.05, 3.63) is 182 Å². The molecule has 51 heavy (non-hydrogen) atoms. The third kappa shape index (κ3) is 4.12. The van der Waals surface area contributed by atoms with Crippen LogP contribution in [0.2, 0.25) is 0 Å². The van der Waals surface area contributed by atoms with Crippen molar-refractivity contribution >= 4 is 65.6 Å². The fourth-order valence-corrected chi connectivity index (χ4v) is 7.72. The van der Waals surface area contributed by atoms with Gasteiger partial charge in [0.25, 0.3) is 0 Å². The topological polar surface area (TPSA) is 23.0 Å². The Morgan fingerprint density at radius 2 is 1.14 bits per heavy atom. The van der Waals surface area contributed by atoms with E-state index in [0.29, 0.717) is 33.2 Å². The second-order valence-corrected chi connectivity index (χ2v) is 12.7. The second-order valence-electron chi connectivity index (χ2n) is 12.7. The quantitative estimate of drug-likeness (QED) is 0.185. The lowest BCUT2D eigenvalue weighted by atomic mass is 9.97. The van der Waals surface area contributed by atoms with Gasteiger partial charge in [0.1, 0.15) is 11.2 Å². The molecule has 0 N–H and O–H groups in total. The molecule has 8 aromatic carbocycles. The van der Waals surface area contributed by atoms with Crippen LogP contribution in [-0.2, 0) is 0 Å². The number of para-hydroxylation sites is 4. The molecule has 3 nitrogen and oxygen atoms in total. The van der Waals surface area contributed by atoms with E-state index in [1.807, 2.05) is 120 Å². The van der Waals surface area contributed by atoms with Crippen molar-refractivity contribution in [2.45, 2.75) is 0 Å². The molecular weight excluding hydrogens is 621 g/mol. The summed E-state index contributed by atoms with van der Waals surface area (Å²) in [6.45, 7) is 0. The highest BCUT2D eigenvalue weighted by atomic mass is 16.3. The molecule has 0 unspecified atom stereocenters. The van der Waals surface area contributed by atoms with E-state index in [2.05, 4.69) is 22.8 Å². The molecule has 3 aromatic heterocycles. The van der Waals surface area contributed by atoms with Crippen molar-refractivity contribution in [3.8, 4) is 33.6 Å². The van der Waals surface area contributed by atoms with Crippen LogP contribution in [0.25, 0.3) is 99.2 Å². The van der Waals surface area contributed by atoms with E-state index in [0.717, 1.165) is 54.9 Å². The second kappa shape index (κ2) is 10.8. The first kappa shape index (κ1) is 21.3. The predicted octanol–water partition coefficient (Wildman–Crippen LogP) is 13.1. The van der Waals surface area contributed by atoms with E-state index in [1.54, 1.807) is 0 Å². The number of hydrogen-bond acceptors (Lipinski definition) is 1. The summed E-state index contributed by atoms with van der Waals surface area (Å²) < 4.78 is 81.8. The van der Waals surface area contributed by atoms with E-state index in [1.165, 1.54) is 0 Å². The van der Waals surface area contributed by atoms with E-state index < -0.39 is 0 Å². The van der Waals surface area contributed by atoms with Gasteiger partial charge in [-0.15, -0.1) is 0 Å². The van der Waals surface area contributed by atoms with Crippen LogP contribution in [0.3, 0.4) is 0 Å². The Hall–Kier alpha value is -6.84. The molecule has 238 valence electrons. The molecular formula is C48H30N2O. The molecule has 11 aromatic rings. The summed E-state index contributed by atoms with van der Waals surface area (Å²) in [5.41, 5.74) is 7.24. The molecule has 0 saturated heterocycles. The summed E-state index contributed by atoms with van der Waals surface area (Å²) >= 11 is 0. The summed E-state index contributed by atoms with van der Waals surface area (Å²) in [7, 11) is 0. The Morgan fingerprint density at radius 3 is 2.00 bits per heavy atom. The monoisotopic (exact) mass is 658 g/mol. The fraction of sp³-hybridized carbons (Fsp3) is 0. The highest BCUT2D eigenvalue weighted by molar-refractivity contribution is 6.17. The zero-order chi connectivity index (χ0) is 40.4. The molecule has 3 heteroatoms. The van der Waals surface area contributed by atoms with E-state index in [-0.39, 0.29) is 59.5 Å². The summed E-state index contributed by atoms with van der Waals surface area (Å²) in [6, 6.07) is 41.1. The number of benzene rings is 8. The molecule has 0 amide bonds. The zero-order valence-electron chi connectivity index (χ0n) is 35.0. The maximum absolute atomic E-state index is 9.43. The number of fused-ring (bicyclic) bond motifs is 9. The van der Waals surface area contributed by atoms with Gasteiger partial charge in [0, 0.05) is 38.2 Å². The van der Waals surface area contributed by atoms with Crippen LogP contribution in [0.4, 0.5) is 0 Å². The number of nitrogens with zero attached hydrogens (tertiary/aromatic N) is 2. The molecule has 0 radical (unpaired) electrons. The third-order valence-corrected chi connectivity index (χ3v) is 9.92. The first-order valence-corrected chi connectivity index (χ1v) is 16.8. The van der Waals surface area contributed by atoms with E-state index in [9.17, 15) is 1.37 Å². The van der Waals surface area contributed by atoms with Crippen molar-refractivity contribution in [1.29, 1.82) is 0 Å². The minimum absolute atomic E-state index is 0.0176. The fourth-order valence-electron chi connectivity index (χ4n) is 7.72. The molecule has 0 spiro atoms. The van der Waals surface area contributed by atoms with Gasteiger partial charge in [-0.2, -0.15) is 0 Å². The van der Waals surface area contributed by atoms with Crippen molar-refractivity contribution < 1.29 is 15.4 Å². The van der Waals surface area contributed by atoms with Crippen LogP contribution in [0, 0.1) is 0 Å². The van der Waals surface area contributed by atoms with Crippen molar-refractivity contribution in [2.75, 3.05) is 0 Å². The lowest BCUT2D eigenvalue weighted by Crippen LogP contribution is -1.97. The van der Waals surface area contributed by atoms with Gasteiger partial charge in [-0.3, -0.25) is 0 Å². The first-order valence-electron chi connectivity index (χ1n) is 20.8. The average Bonchev–Trinajstić information content (AvgIpc) is 3.93. The average molecular weight is 659 g/mol. The molecule has 0 saturated carbocycles. The predicted molar refractivity (Wildman–Crippen MR) is 213 cm³/mol. The molecule has 0 aliphatic rings.